The number of hydrogen-bond acceptors (Lipinski definition) is 2. The van der Waals surface area contributed by atoms with E-state index >= 15 is 0 Å². The average molecular weight is 614 g/mol. The van der Waals surface area contributed by atoms with Crippen LogP contribution in [-0.4, -0.2) is 0 Å². The normalized spacial score (nSPS) is 11.3. The molecule has 0 unspecified atom stereocenters. The van der Waals surface area contributed by atoms with E-state index < -0.39 is 0 Å². The fraction of sp³-hybridized carbons (Fsp3) is 0. The molecule has 0 aliphatic rings. The first kappa shape index (κ1) is 27.9. The van der Waals surface area contributed by atoms with Crippen molar-refractivity contribution in [3.63, 3.8) is 0 Å². The van der Waals surface area contributed by atoms with E-state index in [2.05, 4.69) is 181 Å². The molecule has 226 valence electrons. The smallest absolute Gasteiger partial charge is 0.136 e. The predicted octanol–water partition coefficient (Wildman–Crippen LogP) is 13.2. The summed E-state index contributed by atoms with van der Waals surface area (Å²) in [5.74, 6) is 0. The van der Waals surface area contributed by atoms with Crippen LogP contribution in [0.5, 0.6) is 0 Å². The van der Waals surface area contributed by atoms with Gasteiger partial charge in [0.1, 0.15) is 11.2 Å². The molecule has 0 radical (unpaired) electrons. The maximum Gasteiger partial charge on any atom is 0.136 e. The second-order valence-corrected chi connectivity index (χ2v) is 12.2. The van der Waals surface area contributed by atoms with Gasteiger partial charge in [-0.3, -0.25) is 0 Å². The SMILES string of the molecule is c1ccc(-c2ccc(N(c3ccc(-c4ccccc4)cc3)c3ccc(-c4ccc5cc6c(cc5c4)oc4ccccc46)cc3)cc2)cc1. The van der Waals surface area contributed by atoms with E-state index in [0.29, 0.717) is 0 Å². The molecule has 48 heavy (non-hydrogen) atoms. The molecule has 0 atom stereocenters. The highest BCUT2D eigenvalue weighted by Gasteiger charge is 2.14. The van der Waals surface area contributed by atoms with Gasteiger partial charge in [-0.2, -0.15) is 0 Å². The van der Waals surface area contributed by atoms with Crippen molar-refractivity contribution in [2.45, 2.75) is 0 Å². The highest BCUT2D eigenvalue weighted by molar-refractivity contribution is 6.10. The third kappa shape index (κ3) is 5.10. The van der Waals surface area contributed by atoms with Crippen molar-refractivity contribution >= 4 is 49.8 Å². The molecule has 0 amide bonds. The number of rotatable bonds is 6. The first-order valence-electron chi connectivity index (χ1n) is 16.3. The fourth-order valence-corrected chi connectivity index (χ4v) is 6.77. The molecule has 8 aromatic carbocycles. The number of hydrogen-bond donors (Lipinski definition) is 0. The molecule has 0 spiro atoms. The van der Waals surface area contributed by atoms with E-state index in [-0.39, 0.29) is 0 Å². The lowest BCUT2D eigenvalue weighted by atomic mass is 9.99. The number of anilines is 3. The summed E-state index contributed by atoms with van der Waals surface area (Å²) in [5.41, 5.74) is 12.3. The fourth-order valence-electron chi connectivity index (χ4n) is 6.77. The Hall–Kier alpha value is -6.38. The summed E-state index contributed by atoms with van der Waals surface area (Å²) in [5, 5.41) is 4.69. The minimum Gasteiger partial charge on any atom is -0.456 e. The lowest BCUT2D eigenvalue weighted by Gasteiger charge is -2.26. The molecule has 2 nitrogen and oxygen atoms in total. The first-order valence-corrected chi connectivity index (χ1v) is 16.3. The number of benzene rings is 8. The van der Waals surface area contributed by atoms with Crippen LogP contribution in [0.2, 0.25) is 0 Å². The summed E-state index contributed by atoms with van der Waals surface area (Å²) < 4.78 is 6.19. The van der Waals surface area contributed by atoms with Crippen molar-refractivity contribution in [1.29, 1.82) is 0 Å². The number of nitrogens with zero attached hydrogens (tertiary/aromatic N) is 1. The lowest BCUT2D eigenvalue weighted by molar-refractivity contribution is 0.669. The van der Waals surface area contributed by atoms with Gasteiger partial charge in [0.2, 0.25) is 0 Å². The van der Waals surface area contributed by atoms with E-state index in [4.69, 9.17) is 4.42 Å². The molecule has 1 aromatic heterocycles. The van der Waals surface area contributed by atoms with Crippen molar-refractivity contribution in [3.05, 3.63) is 188 Å². The first-order chi connectivity index (χ1) is 23.8. The van der Waals surface area contributed by atoms with Crippen LogP contribution >= 0.6 is 0 Å². The van der Waals surface area contributed by atoms with Crippen molar-refractivity contribution in [1.82, 2.24) is 0 Å². The summed E-state index contributed by atoms with van der Waals surface area (Å²) >= 11 is 0. The van der Waals surface area contributed by atoms with Crippen LogP contribution in [-0.2, 0) is 0 Å². The Morgan fingerprint density at radius 1 is 0.292 bits per heavy atom. The molecule has 0 bridgehead atoms. The molecule has 0 fully saturated rings. The van der Waals surface area contributed by atoms with Crippen LogP contribution in [0, 0.1) is 0 Å². The standard InChI is InChI=1S/C46H31NO/c1-3-9-32(10-4-1)34-17-23-40(24-18-34)47(41-25-19-35(20-26-41)33-11-5-2-6-12-33)42-27-21-36(22-28-42)37-15-16-38-30-44-43-13-7-8-14-45(43)48-46(44)31-39(38)29-37/h1-31H. The van der Waals surface area contributed by atoms with Gasteiger partial charge in [0.05, 0.1) is 0 Å². The third-order valence-electron chi connectivity index (χ3n) is 9.26. The maximum absolute atomic E-state index is 6.19. The van der Waals surface area contributed by atoms with Crippen LogP contribution in [0.4, 0.5) is 17.1 Å². The highest BCUT2D eigenvalue weighted by Crippen LogP contribution is 2.38. The van der Waals surface area contributed by atoms with Gasteiger partial charge in [-0.1, -0.05) is 127 Å². The highest BCUT2D eigenvalue weighted by atomic mass is 16.3. The number of para-hydroxylation sites is 1. The Morgan fingerprint density at radius 2 is 0.750 bits per heavy atom. The zero-order valence-electron chi connectivity index (χ0n) is 26.3. The van der Waals surface area contributed by atoms with Crippen molar-refractivity contribution < 1.29 is 4.42 Å². The van der Waals surface area contributed by atoms with Crippen LogP contribution in [0.1, 0.15) is 0 Å². The monoisotopic (exact) mass is 613 g/mol. The van der Waals surface area contributed by atoms with E-state index in [1.54, 1.807) is 0 Å². The van der Waals surface area contributed by atoms with Gasteiger partial charge in [0.15, 0.2) is 0 Å². The maximum atomic E-state index is 6.19. The molecule has 0 saturated heterocycles. The van der Waals surface area contributed by atoms with Crippen LogP contribution in [0.15, 0.2) is 192 Å². The summed E-state index contributed by atoms with van der Waals surface area (Å²) in [6.45, 7) is 0. The van der Waals surface area contributed by atoms with Gasteiger partial charge >= 0.3 is 0 Å². The second kappa shape index (κ2) is 11.8. The molecule has 0 saturated carbocycles. The molecular weight excluding hydrogens is 583 g/mol. The van der Waals surface area contributed by atoms with Gasteiger partial charge in [-0.25, -0.2) is 0 Å². The van der Waals surface area contributed by atoms with Gasteiger partial charge in [-0.15, -0.1) is 0 Å². The molecule has 9 aromatic rings. The summed E-state index contributed by atoms with van der Waals surface area (Å²) in [7, 11) is 0. The van der Waals surface area contributed by atoms with Gasteiger partial charge in [0.25, 0.3) is 0 Å². The zero-order valence-corrected chi connectivity index (χ0v) is 26.3. The molecular formula is C46H31NO. The summed E-state index contributed by atoms with van der Waals surface area (Å²) in [6.07, 6.45) is 0. The average Bonchev–Trinajstić information content (AvgIpc) is 3.52. The van der Waals surface area contributed by atoms with Crippen LogP contribution in [0.25, 0.3) is 66.1 Å². The quantitative estimate of drug-likeness (QED) is 0.185. The minimum atomic E-state index is 0.920. The van der Waals surface area contributed by atoms with E-state index in [1.807, 2.05) is 12.1 Å². The Kier molecular flexibility index (Phi) is 6.84. The molecule has 0 aliphatic carbocycles. The van der Waals surface area contributed by atoms with Crippen molar-refractivity contribution in [2.24, 2.45) is 0 Å². The molecule has 2 heteroatoms. The number of fused-ring (bicyclic) bond motifs is 4. The van der Waals surface area contributed by atoms with E-state index in [0.717, 1.165) is 39.0 Å². The van der Waals surface area contributed by atoms with Gasteiger partial charge in [-0.05, 0) is 105 Å². The van der Waals surface area contributed by atoms with Crippen molar-refractivity contribution in [2.75, 3.05) is 4.90 Å². The second-order valence-electron chi connectivity index (χ2n) is 12.2. The third-order valence-corrected chi connectivity index (χ3v) is 9.26. The minimum absolute atomic E-state index is 0.920. The molecule has 9 rings (SSSR count). The summed E-state index contributed by atoms with van der Waals surface area (Å²) in [6, 6.07) is 67.0. The van der Waals surface area contributed by atoms with E-state index in [1.165, 1.54) is 44.2 Å². The largest absolute Gasteiger partial charge is 0.456 e. The Labute approximate surface area is 279 Å². The Bertz CT molecular complexity index is 2430. The van der Waals surface area contributed by atoms with E-state index in [9.17, 15) is 0 Å². The topological polar surface area (TPSA) is 16.4 Å². The molecule has 0 aliphatic heterocycles. The van der Waals surface area contributed by atoms with Crippen LogP contribution < -0.4 is 4.90 Å². The number of furan rings is 1. The van der Waals surface area contributed by atoms with Gasteiger partial charge < -0.3 is 9.32 Å². The Balaban J connectivity index is 1.08. The summed E-state index contributed by atoms with van der Waals surface area (Å²) in [4.78, 5) is 2.33. The Morgan fingerprint density at radius 3 is 1.31 bits per heavy atom. The van der Waals surface area contributed by atoms with Crippen molar-refractivity contribution in [3.8, 4) is 33.4 Å². The van der Waals surface area contributed by atoms with Crippen LogP contribution in [0.3, 0.4) is 0 Å². The predicted molar refractivity (Wildman–Crippen MR) is 202 cm³/mol. The lowest BCUT2D eigenvalue weighted by Crippen LogP contribution is -2.09. The zero-order chi connectivity index (χ0) is 31.9. The molecule has 1 heterocycles. The van der Waals surface area contributed by atoms with Gasteiger partial charge in [0, 0.05) is 27.8 Å². The molecule has 0 N–H and O–H groups in total.